The maximum absolute atomic E-state index is 13.6. The molecule has 212 valence electrons. The number of dihydropyridines is 1. The Balaban J connectivity index is 1.25. The number of rotatable bonds is 8. The van der Waals surface area contributed by atoms with Crippen LogP contribution in [-0.4, -0.2) is 70.2 Å². The van der Waals surface area contributed by atoms with Crippen LogP contribution in [-0.2, 0) is 11.3 Å². The van der Waals surface area contributed by atoms with E-state index in [1.807, 2.05) is 18.3 Å². The average molecular weight is 548 g/mol. The zero-order valence-electron chi connectivity index (χ0n) is 24.2. The summed E-state index contributed by atoms with van der Waals surface area (Å²) in [4.78, 5) is 27.8. The van der Waals surface area contributed by atoms with Crippen molar-refractivity contribution in [1.29, 1.82) is 0 Å². The molecule has 6 rings (SSSR count). The van der Waals surface area contributed by atoms with E-state index in [0.29, 0.717) is 11.8 Å². The monoisotopic (exact) mass is 547 g/mol. The highest BCUT2D eigenvalue weighted by Crippen LogP contribution is 2.42. The van der Waals surface area contributed by atoms with Crippen molar-refractivity contribution >= 4 is 22.5 Å². The lowest BCUT2D eigenvalue weighted by Gasteiger charge is -2.34. The van der Waals surface area contributed by atoms with Gasteiger partial charge < -0.3 is 9.47 Å². The summed E-state index contributed by atoms with van der Waals surface area (Å²) in [5, 5.41) is 1.30. The first-order valence-electron chi connectivity index (χ1n) is 15.2. The molecule has 3 aliphatic heterocycles. The minimum atomic E-state index is 0.102. The van der Waals surface area contributed by atoms with E-state index in [1.165, 1.54) is 27.7 Å². The molecule has 6 nitrogen and oxygen atoms in total. The van der Waals surface area contributed by atoms with Crippen molar-refractivity contribution in [1.82, 2.24) is 19.4 Å². The number of piperidine rings is 1. The summed E-state index contributed by atoms with van der Waals surface area (Å²) in [7, 11) is 0. The number of fused-ring (bicyclic) bond motifs is 1. The number of benzene rings is 1. The number of carbonyl (C=O) groups excluding carboxylic acids is 1. The highest BCUT2D eigenvalue weighted by Gasteiger charge is 2.35. The van der Waals surface area contributed by atoms with E-state index in [9.17, 15) is 4.79 Å². The van der Waals surface area contributed by atoms with E-state index in [4.69, 9.17) is 9.98 Å². The number of carbonyl (C=O) groups is 1. The number of pyridine rings is 1. The molecule has 0 aliphatic carbocycles. The molecule has 0 N–H and O–H groups in total. The molecule has 1 amide bonds. The molecule has 2 saturated heterocycles. The molecule has 5 heterocycles. The zero-order valence-corrected chi connectivity index (χ0v) is 24.2. The van der Waals surface area contributed by atoms with Crippen LogP contribution < -0.4 is 0 Å². The van der Waals surface area contributed by atoms with Crippen molar-refractivity contribution in [2.24, 2.45) is 10.9 Å². The van der Waals surface area contributed by atoms with Gasteiger partial charge in [0.25, 0.3) is 0 Å². The number of aromatic nitrogens is 2. The predicted molar refractivity (Wildman–Crippen MR) is 168 cm³/mol. The first kappa shape index (κ1) is 27.4. The van der Waals surface area contributed by atoms with E-state index >= 15 is 0 Å². The Bertz CT molecular complexity index is 1490. The summed E-state index contributed by atoms with van der Waals surface area (Å²) in [6, 6.07) is 15.0. The fraction of sp³-hybridized carbons (Fsp3) is 0.400. The number of para-hydroxylation sites is 1. The Morgan fingerprint density at radius 3 is 2.63 bits per heavy atom. The molecule has 1 atom stereocenters. The van der Waals surface area contributed by atoms with Crippen LogP contribution >= 0.6 is 0 Å². The number of hydrogen-bond donors (Lipinski definition) is 0. The molecule has 6 heteroatoms. The van der Waals surface area contributed by atoms with Gasteiger partial charge in [-0.05, 0) is 80.5 Å². The Morgan fingerprint density at radius 1 is 1.07 bits per heavy atom. The summed E-state index contributed by atoms with van der Waals surface area (Å²) in [5.41, 5.74) is 7.15. The third-order valence-electron chi connectivity index (χ3n) is 9.03. The Labute approximate surface area is 243 Å². The third-order valence-corrected chi connectivity index (χ3v) is 9.03. The minimum absolute atomic E-state index is 0.102. The molecule has 0 saturated carbocycles. The van der Waals surface area contributed by atoms with Crippen molar-refractivity contribution in [2.75, 3.05) is 39.3 Å². The fourth-order valence-corrected chi connectivity index (χ4v) is 6.86. The van der Waals surface area contributed by atoms with Gasteiger partial charge in [-0.1, -0.05) is 49.1 Å². The molecule has 3 aliphatic rings. The molecular formula is C35H41N5O. The van der Waals surface area contributed by atoms with E-state index in [0.717, 1.165) is 82.9 Å². The molecule has 41 heavy (non-hydrogen) atoms. The second-order valence-electron chi connectivity index (χ2n) is 11.5. The van der Waals surface area contributed by atoms with Gasteiger partial charge in [0, 0.05) is 49.8 Å². The van der Waals surface area contributed by atoms with Crippen LogP contribution in [0.3, 0.4) is 0 Å². The van der Waals surface area contributed by atoms with Crippen molar-refractivity contribution in [3.05, 3.63) is 90.7 Å². The van der Waals surface area contributed by atoms with Crippen LogP contribution in [0.4, 0.5) is 0 Å². The topological polar surface area (TPSA) is 53.7 Å². The van der Waals surface area contributed by atoms with Crippen LogP contribution in [0.15, 0.2) is 90.1 Å². The van der Waals surface area contributed by atoms with Crippen LogP contribution in [0.25, 0.3) is 22.3 Å². The molecule has 0 spiro atoms. The largest absolute Gasteiger partial charge is 0.342 e. The molecule has 1 aromatic carbocycles. The number of likely N-dealkylation sites (tertiary alicyclic amines) is 2. The summed E-state index contributed by atoms with van der Waals surface area (Å²) >= 11 is 0. The Kier molecular flexibility index (Phi) is 8.28. The van der Waals surface area contributed by atoms with Crippen molar-refractivity contribution in [2.45, 2.75) is 45.1 Å². The van der Waals surface area contributed by atoms with E-state index in [1.54, 1.807) is 0 Å². The first-order valence-corrected chi connectivity index (χ1v) is 15.2. The summed E-state index contributed by atoms with van der Waals surface area (Å²) in [6.45, 7) is 11.9. The molecule has 3 aromatic rings. The van der Waals surface area contributed by atoms with Gasteiger partial charge >= 0.3 is 0 Å². The maximum Gasteiger partial charge on any atom is 0.227 e. The van der Waals surface area contributed by atoms with Gasteiger partial charge in [-0.25, -0.2) is 0 Å². The van der Waals surface area contributed by atoms with E-state index < -0.39 is 0 Å². The molecule has 1 unspecified atom stereocenters. The van der Waals surface area contributed by atoms with Gasteiger partial charge in [0.2, 0.25) is 5.91 Å². The van der Waals surface area contributed by atoms with Gasteiger partial charge in [0.05, 0.1) is 29.6 Å². The second kappa shape index (κ2) is 12.4. The number of hydrogen-bond acceptors (Lipinski definition) is 4. The minimum Gasteiger partial charge on any atom is -0.342 e. The van der Waals surface area contributed by atoms with Gasteiger partial charge in [0.15, 0.2) is 0 Å². The number of amides is 1. The first-order chi connectivity index (χ1) is 20.2. The predicted octanol–water partition coefficient (Wildman–Crippen LogP) is 6.26. The maximum atomic E-state index is 13.6. The summed E-state index contributed by atoms with van der Waals surface area (Å²) in [5.74, 6) is 0.807. The molecule has 0 radical (unpaired) electrons. The second-order valence-corrected chi connectivity index (χ2v) is 11.5. The van der Waals surface area contributed by atoms with Gasteiger partial charge in [-0.2, -0.15) is 0 Å². The zero-order chi connectivity index (χ0) is 28.2. The van der Waals surface area contributed by atoms with Crippen molar-refractivity contribution in [3.63, 3.8) is 0 Å². The molecule has 0 bridgehead atoms. The van der Waals surface area contributed by atoms with Crippen molar-refractivity contribution in [3.8, 4) is 11.4 Å². The van der Waals surface area contributed by atoms with Gasteiger partial charge in [-0.3, -0.25) is 19.7 Å². The third kappa shape index (κ3) is 5.71. The van der Waals surface area contributed by atoms with Crippen LogP contribution in [0.1, 0.15) is 44.1 Å². The Morgan fingerprint density at radius 2 is 1.90 bits per heavy atom. The quantitative estimate of drug-likeness (QED) is 0.313. The lowest BCUT2D eigenvalue weighted by molar-refractivity contribution is -0.136. The smallest absolute Gasteiger partial charge is 0.227 e. The van der Waals surface area contributed by atoms with Crippen molar-refractivity contribution < 1.29 is 4.79 Å². The SMILES string of the molecule is C=C/C(=C\C)CN1CCC(C(=O)N2CCC(c3c(-c4ccccn4)n(CC4=NCCC=C4)c4ccccc34)CC2)C1. The summed E-state index contributed by atoms with van der Waals surface area (Å²) in [6.07, 6.45) is 14.2. The average Bonchev–Trinajstić information content (AvgIpc) is 3.63. The lowest BCUT2D eigenvalue weighted by atomic mass is 9.86. The van der Waals surface area contributed by atoms with Crippen LogP contribution in [0, 0.1) is 5.92 Å². The number of aliphatic imine (C=N–C) groups is 1. The summed E-state index contributed by atoms with van der Waals surface area (Å²) < 4.78 is 2.42. The van der Waals surface area contributed by atoms with E-state index in [2.05, 4.69) is 82.5 Å². The molecule has 2 fully saturated rings. The normalized spacial score (nSPS) is 20.5. The van der Waals surface area contributed by atoms with Gasteiger partial charge in [-0.15, -0.1) is 0 Å². The van der Waals surface area contributed by atoms with E-state index in [-0.39, 0.29) is 5.92 Å². The highest BCUT2D eigenvalue weighted by atomic mass is 16.2. The molecular weight excluding hydrogens is 506 g/mol. The molecule has 2 aromatic heterocycles. The Hall–Kier alpha value is -3.77. The fourth-order valence-electron chi connectivity index (χ4n) is 6.86. The highest BCUT2D eigenvalue weighted by molar-refractivity contribution is 5.99. The number of nitrogens with zero attached hydrogens (tertiary/aromatic N) is 5. The number of allylic oxidation sites excluding steroid dienone is 2. The van der Waals surface area contributed by atoms with Crippen LogP contribution in [0.5, 0.6) is 0 Å². The standard InChI is InChI=1S/C35H41N5O/c1-3-26(4-2)23-38-20-15-28(24-38)35(41)39-21-16-27(17-22-39)33-30-12-5-6-14-32(30)40(25-29-11-7-9-18-36-29)34(33)31-13-8-10-19-37-31/h3-8,10-14,19,27-28H,1,9,15-18,20-25H2,2H3/b26-4+. The lowest BCUT2D eigenvalue weighted by Crippen LogP contribution is -2.42. The van der Waals surface area contributed by atoms with Gasteiger partial charge in [0.1, 0.15) is 0 Å². The van der Waals surface area contributed by atoms with Crippen LogP contribution in [0.2, 0.25) is 0 Å².